The number of carbonyl (C=O) groups excluding carboxylic acids is 2. The molecule has 2 aromatic carbocycles. The zero-order chi connectivity index (χ0) is 25.8. The molecule has 0 aromatic heterocycles. The third kappa shape index (κ3) is 6.45. The number of methoxy groups -OCH3 is 2. The van der Waals surface area contributed by atoms with Crippen LogP contribution in [0.1, 0.15) is 24.0 Å². The summed E-state index contributed by atoms with van der Waals surface area (Å²) in [6, 6.07) is 7.45. The van der Waals surface area contributed by atoms with Gasteiger partial charge in [-0.25, -0.2) is 0 Å². The average molecular weight is 527 g/mol. The Labute approximate surface area is 208 Å². The second-order valence-corrected chi connectivity index (χ2v) is 9.01. The van der Waals surface area contributed by atoms with E-state index >= 15 is 0 Å². The number of phenolic OH excluding ortho intramolecular Hbond substituents is 1. The van der Waals surface area contributed by atoms with E-state index < -0.39 is 17.6 Å². The third-order valence-corrected chi connectivity index (χ3v) is 6.31. The van der Waals surface area contributed by atoms with Gasteiger partial charge in [-0.05, 0) is 48.4 Å². The van der Waals surface area contributed by atoms with E-state index in [0.717, 1.165) is 23.9 Å². The number of benzene rings is 2. The van der Waals surface area contributed by atoms with Crippen molar-refractivity contribution in [1.29, 1.82) is 0 Å². The summed E-state index contributed by atoms with van der Waals surface area (Å²) in [6.07, 6.45) is -2.68. The number of halogens is 3. The van der Waals surface area contributed by atoms with Gasteiger partial charge in [0.05, 0.1) is 24.7 Å². The van der Waals surface area contributed by atoms with Crippen molar-refractivity contribution in [2.75, 3.05) is 26.1 Å². The maximum absolute atomic E-state index is 12.8. The van der Waals surface area contributed by atoms with Crippen LogP contribution in [-0.4, -0.2) is 46.9 Å². The molecule has 2 aromatic rings. The molecule has 1 aliphatic rings. The van der Waals surface area contributed by atoms with Crippen LogP contribution in [0.15, 0.2) is 41.3 Å². The van der Waals surface area contributed by atoms with Crippen LogP contribution in [0.2, 0.25) is 0 Å². The highest BCUT2D eigenvalue weighted by Crippen LogP contribution is 2.39. The summed E-state index contributed by atoms with van der Waals surface area (Å²) in [5.74, 6) is -0.628. The molecule has 1 fully saturated rings. The highest BCUT2D eigenvalue weighted by Gasteiger charge is 2.32. The predicted octanol–water partition coefficient (Wildman–Crippen LogP) is 5.05. The van der Waals surface area contributed by atoms with Crippen LogP contribution < -0.4 is 14.8 Å². The first kappa shape index (κ1) is 26.4. The smallest absolute Gasteiger partial charge is 0.416 e. The summed E-state index contributed by atoms with van der Waals surface area (Å²) in [5.41, 5.74) is -0.265. The summed E-state index contributed by atoms with van der Waals surface area (Å²) in [7, 11) is 2.78. The molecule has 0 bridgehead atoms. The van der Waals surface area contributed by atoms with Gasteiger partial charge in [0.2, 0.25) is 11.7 Å². The molecule has 7 nitrogen and oxygen atoms in total. The van der Waals surface area contributed by atoms with E-state index in [2.05, 4.69) is 5.32 Å². The normalized spacial score (nSPS) is 15.0. The Morgan fingerprint density at radius 2 is 1.86 bits per heavy atom. The number of aromatic hydroxyl groups is 1. The van der Waals surface area contributed by atoms with Crippen molar-refractivity contribution >= 4 is 51.9 Å². The number of ether oxygens (including phenoxy) is 2. The van der Waals surface area contributed by atoms with E-state index in [0.29, 0.717) is 14.8 Å². The van der Waals surface area contributed by atoms with Crippen LogP contribution in [0.4, 0.5) is 18.9 Å². The Hall–Kier alpha value is -3.25. The number of amides is 2. The molecule has 2 N–H and O–H groups in total. The zero-order valence-electron chi connectivity index (χ0n) is 18.6. The number of nitrogens with zero attached hydrogens (tertiary/aromatic N) is 1. The SMILES string of the molecule is COc1cc(/C=C2\SC(=S)N(CCCC(=O)Nc3cccc(C(F)(F)F)c3)C2=O)cc(OC)c1O. The Morgan fingerprint density at radius 1 is 1.20 bits per heavy atom. The molecule has 0 unspecified atom stereocenters. The standard InChI is InChI=1S/C23H21F3N2O5S2/c1-32-16-9-13(10-17(33-2)20(16)30)11-18-21(31)28(22(34)35-18)8-4-7-19(29)27-15-6-3-5-14(12-15)23(24,25)26/h3,5-6,9-12,30H,4,7-8H2,1-2H3,(H,27,29)/b18-11-. The topological polar surface area (TPSA) is 88.1 Å². The lowest BCUT2D eigenvalue weighted by Crippen LogP contribution is -2.29. The van der Waals surface area contributed by atoms with Crippen molar-refractivity contribution in [2.24, 2.45) is 0 Å². The Bertz CT molecular complexity index is 1160. The molecule has 186 valence electrons. The molecular formula is C23H21F3N2O5S2. The van der Waals surface area contributed by atoms with Crippen LogP contribution >= 0.6 is 24.0 Å². The van der Waals surface area contributed by atoms with Gasteiger partial charge in [-0.3, -0.25) is 14.5 Å². The summed E-state index contributed by atoms with van der Waals surface area (Å²) in [6.45, 7) is 0.167. The number of rotatable bonds is 8. The van der Waals surface area contributed by atoms with E-state index in [1.807, 2.05) is 0 Å². The highest BCUT2D eigenvalue weighted by atomic mass is 32.2. The molecule has 0 aliphatic carbocycles. The van der Waals surface area contributed by atoms with Crippen LogP contribution in [0.5, 0.6) is 17.2 Å². The minimum absolute atomic E-state index is 0.0152. The maximum Gasteiger partial charge on any atom is 0.416 e. The average Bonchev–Trinajstić information content (AvgIpc) is 3.06. The molecular weight excluding hydrogens is 505 g/mol. The van der Waals surface area contributed by atoms with Gasteiger partial charge in [-0.1, -0.05) is 30.0 Å². The van der Waals surface area contributed by atoms with Crippen molar-refractivity contribution in [3.8, 4) is 17.2 Å². The fourth-order valence-electron chi connectivity index (χ4n) is 3.24. The lowest BCUT2D eigenvalue weighted by atomic mass is 10.1. The molecule has 0 saturated carbocycles. The van der Waals surface area contributed by atoms with E-state index in [1.165, 1.54) is 31.3 Å². The number of anilines is 1. The van der Waals surface area contributed by atoms with Crippen molar-refractivity contribution in [3.63, 3.8) is 0 Å². The van der Waals surface area contributed by atoms with E-state index in [1.54, 1.807) is 18.2 Å². The quantitative estimate of drug-likeness (QED) is 0.368. The van der Waals surface area contributed by atoms with Crippen molar-refractivity contribution in [3.05, 3.63) is 52.4 Å². The number of thioether (sulfide) groups is 1. The summed E-state index contributed by atoms with van der Waals surface area (Å²) < 4.78 is 49.0. The monoisotopic (exact) mass is 526 g/mol. The molecule has 3 rings (SSSR count). The highest BCUT2D eigenvalue weighted by molar-refractivity contribution is 8.26. The second kappa shape index (κ2) is 11.0. The van der Waals surface area contributed by atoms with Gasteiger partial charge in [0.25, 0.3) is 5.91 Å². The molecule has 12 heteroatoms. The minimum atomic E-state index is -4.51. The van der Waals surface area contributed by atoms with Crippen molar-refractivity contribution < 1.29 is 37.3 Å². The Kier molecular flexibility index (Phi) is 8.28. The molecule has 0 atom stereocenters. The van der Waals surface area contributed by atoms with Crippen LogP contribution in [0.3, 0.4) is 0 Å². The minimum Gasteiger partial charge on any atom is -0.502 e. The molecule has 1 aliphatic heterocycles. The Morgan fingerprint density at radius 3 is 2.46 bits per heavy atom. The number of phenols is 1. The first-order chi connectivity index (χ1) is 16.5. The Balaban J connectivity index is 1.60. The first-order valence-electron chi connectivity index (χ1n) is 10.2. The fourth-order valence-corrected chi connectivity index (χ4v) is 4.54. The molecule has 0 radical (unpaired) electrons. The maximum atomic E-state index is 12.8. The van der Waals surface area contributed by atoms with Crippen LogP contribution in [-0.2, 0) is 15.8 Å². The van der Waals surface area contributed by atoms with Crippen molar-refractivity contribution in [1.82, 2.24) is 4.90 Å². The van der Waals surface area contributed by atoms with Crippen molar-refractivity contribution in [2.45, 2.75) is 19.0 Å². The number of nitrogens with one attached hydrogen (secondary N) is 1. The van der Waals surface area contributed by atoms with Gasteiger partial charge in [-0.2, -0.15) is 13.2 Å². The van der Waals surface area contributed by atoms with Crippen LogP contribution in [0, 0.1) is 0 Å². The van der Waals surface area contributed by atoms with Gasteiger partial charge in [0, 0.05) is 18.7 Å². The molecule has 1 saturated heterocycles. The van der Waals surface area contributed by atoms with Gasteiger partial charge in [-0.15, -0.1) is 0 Å². The summed E-state index contributed by atoms with van der Waals surface area (Å²) in [4.78, 5) is 26.7. The first-order valence-corrected chi connectivity index (χ1v) is 11.4. The lowest BCUT2D eigenvalue weighted by molar-refractivity contribution is -0.137. The molecule has 1 heterocycles. The van der Waals surface area contributed by atoms with E-state index in [4.69, 9.17) is 21.7 Å². The van der Waals surface area contributed by atoms with Gasteiger partial charge in [0.15, 0.2) is 11.5 Å². The number of hydrogen-bond donors (Lipinski definition) is 2. The third-order valence-electron chi connectivity index (χ3n) is 4.93. The fraction of sp³-hybridized carbons (Fsp3) is 0.261. The van der Waals surface area contributed by atoms with Gasteiger partial charge in [0.1, 0.15) is 4.32 Å². The number of alkyl halides is 3. The zero-order valence-corrected chi connectivity index (χ0v) is 20.3. The van der Waals surface area contributed by atoms with Gasteiger partial charge >= 0.3 is 6.18 Å². The van der Waals surface area contributed by atoms with Crippen LogP contribution in [0.25, 0.3) is 6.08 Å². The second-order valence-electron chi connectivity index (χ2n) is 7.34. The van der Waals surface area contributed by atoms with Gasteiger partial charge < -0.3 is 19.9 Å². The van der Waals surface area contributed by atoms with E-state index in [-0.39, 0.29) is 48.2 Å². The lowest BCUT2D eigenvalue weighted by Gasteiger charge is -2.14. The summed E-state index contributed by atoms with van der Waals surface area (Å²) >= 11 is 6.38. The van der Waals surface area contributed by atoms with E-state index in [9.17, 15) is 27.9 Å². The number of thiocarbonyl (C=S) groups is 1. The molecule has 35 heavy (non-hydrogen) atoms. The number of hydrogen-bond acceptors (Lipinski definition) is 7. The number of carbonyl (C=O) groups is 2. The molecule has 0 spiro atoms. The predicted molar refractivity (Wildman–Crippen MR) is 130 cm³/mol. The summed E-state index contributed by atoms with van der Waals surface area (Å²) in [5, 5.41) is 12.5. The largest absolute Gasteiger partial charge is 0.502 e. The molecule has 2 amide bonds.